The molecular weight excluding hydrogens is 344 g/mol. The number of unbranched alkanes of at least 4 members (excludes halogenated alkanes) is 3. The van der Waals surface area contributed by atoms with Crippen LogP contribution in [-0.4, -0.2) is 16.3 Å². The average Bonchev–Trinajstić information content (AvgIpc) is 2.99. The molecule has 1 aromatic carbocycles. The average molecular weight is 383 g/mol. The maximum atomic E-state index is 11.0. The zero-order valence-corrected chi connectivity index (χ0v) is 17.8. The van der Waals surface area contributed by atoms with Crippen LogP contribution in [0.4, 0.5) is 0 Å². The fourth-order valence-corrected chi connectivity index (χ4v) is 7.53. The van der Waals surface area contributed by atoms with E-state index in [0.29, 0.717) is 23.5 Å². The van der Waals surface area contributed by atoms with E-state index in [1.807, 2.05) is 12.1 Å². The maximum absolute atomic E-state index is 11.0. The number of hydrogen-bond donors (Lipinski definition) is 2. The Morgan fingerprint density at radius 1 is 1.21 bits per heavy atom. The quantitative estimate of drug-likeness (QED) is 0.444. The van der Waals surface area contributed by atoms with Crippen molar-refractivity contribution in [2.24, 2.45) is 22.7 Å². The molecular formula is C26H38O2. The molecule has 0 saturated heterocycles. The van der Waals surface area contributed by atoms with Crippen LogP contribution < -0.4 is 0 Å². The predicted octanol–water partition coefficient (Wildman–Crippen LogP) is 6.36. The number of aryl methyl sites for hydroxylation is 1. The maximum Gasteiger partial charge on any atom is 0.115 e. The van der Waals surface area contributed by atoms with E-state index in [0.717, 1.165) is 32.1 Å². The highest BCUT2D eigenvalue weighted by molar-refractivity contribution is 5.43. The van der Waals surface area contributed by atoms with E-state index < -0.39 is 0 Å². The molecule has 0 aromatic heterocycles. The van der Waals surface area contributed by atoms with Crippen molar-refractivity contribution in [2.45, 2.75) is 90.1 Å². The fraction of sp³-hybridized carbons (Fsp3) is 0.692. The first-order valence-corrected chi connectivity index (χ1v) is 11.6. The highest BCUT2D eigenvalue weighted by Gasteiger charge is 2.63. The van der Waals surface area contributed by atoms with Gasteiger partial charge in [0, 0.05) is 0 Å². The molecule has 2 unspecified atom stereocenters. The van der Waals surface area contributed by atoms with Crippen LogP contribution in [0.5, 0.6) is 5.75 Å². The second-order valence-corrected chi connectivity index (χ2v) is 10.1. The van der Waals surface area contributed by atoms with Crippen LogP contribution in [0.1, 0.15) is 88.7 Å². The van der Waals surface area contributed by atoms with E-state index in [1.54, 1.807) is 0 Å². The Balaban J connectivity index is 1.76. The van der Waals surface area contributed by atoms with Crippen LogP contribution in [0.25, 0.3) is 0 Å². The minimum Gasteiger partial charge on any atom is -0.508 e. The molecule has 0 radical (unpaired) electrons. The van der Waals surface area contributed by atoms with Crippen LogP contribution in [0.3, 0.4) is 0 Å². The normalized spacial score (nSPS) is 39.1. The Hall–Kier alpha value is -1.28. The summed E-state index contributed by atoms with van der Waals surface area (Å²) in [6.07, 6.45) is 13.8. The van der Waals surface area contributed by atoms with Crippen LogP contribution in [0, 0.1) is 22.7 Å². The van der Waals surface area contributed by atoms with Crippen LogP contribution in [0.15, 0.2) is 30.9 Å². The second-order valence-electron chi connectivity index (χ2n) is 10.1. The van der Waals surface area contributed by atoms with Crippen LogP contribution in [-0.2, 0) is 6.42 Å². The Kier molecular flexibility index (Phi) is 5.37. The lowest BCUT2D eigenvalue weighted by Crippen LogP contribution is -2.54. The van der Waals surface area contributed by atoms with E-state index in [4.69, 9.17) is 0 Å². The SMILES string of the molecule is C=C[C@@]12CCc3cc(O)ccc3C1[C@@H](CCCCCC)C[C@@]1(C)C2CC[C@@H]1O. The Bertz CT molecular complexity index is 725. The minimum atomic E-state index is -0.172. The zero-order valence-electron chi connectivity index (χ0n) is 17.8. The van der Waals surface area contributed by atoms with E-state index in [-0.39, 0.29) is 16.9 Å². The predicted molar refractivity (Wildman–Crippen MR) is 116 cm³/mol. The molecule has 0 amide bonds. The molecule has 2 N–H and O–H groups in total. The minimum absolute atomic E-state index is 0.0224. The molecule has 0 heterocycles. The number of fused-ring (bicyclic) bond motifs is 5. The Morgan fingerprint density at radius 2 is 2.04 bits per heavy atom. The van der Waals surface area contributed by atoms with Crippen molar-refractivity contribution >= 4 is 0 Å². The van der Waals surface area contributed by atoms with Gasteiger partial charge in [0.25, 0.3) is 0 Å². The number of benzene rings is 1. The van der Waals surface area contributed by atoms with Gasteiger partial charge in [-0.1, -0.05) is 51.7 Å². The summed E-state index contributed by atoms with van der Waals surface area (Å²) in [5.74, 6) is 1.99. The van der Waals surface area contributed by atoms with Gasteiger partial charge in [-0.2, -0.15) is 0 Å². The van der Waals surface area contributed by atoms with E-state index in [9.17, 15) is 10.2 Å². The number of rotatable bonds is 6. The summed E-state index contributed by atoms with van der Waals surface area (Å²) in [7, 11) is 0. The third-order valence-electron chi connectivity index (χ3n) is 8.78. The van der Waals surface area contributed by atoms with Gasteiger partial charge in [-0.15, -0.1) is 6.58 Å². The number of aliphatic hydroxyl groups is 1. The van der Waals surface area contributed by atoms with Gasteiger partial charge in [-0.3, -0.25) is 0 Å². The molecule has 6 atom stereocenters. The second kappa shape index (κ2) is 7.52. The number of allylic oxidation sites excluding steroid dienone is 1. The van der Waals surface area contributed by atoms with Crippen molar-refractivity contribution < 1.29 is 10.2 Å². The monoisotopic (exact) mass is 382 g/mol. The molecule has 0 aliphatic heterocycles. The van der Waals surface area contributed by atoms with Crippen molar-refractivity contribution in [2.75, 3.05) is 0 Å². The van der Waals surface area contributed by atoms with Crippen molar-refractivity contribution in [1.29, 1.82) is 0 Å². The third kappa shape index (κ3) is 2.95. The summed E-state index contributed by atoms with van der Waals surface area (Å²) in [6, 6.07) is 6.07. The zero-order chi connectivity index (χ0) is 19.9. The van der Waals surface area contributed by atoms with Crippen molar-refractivity contribution in [3.63, 3.8) is 0 Å². The van der Waals surface area contributed by atoms with Gasteiger partial charge >= 0.3 is 0 Å². The third-order valence-corrected chi connectivity index (χ3v) is 8.78. The molecule has 3 aliphatic carbocycles. The smallest absolute Gasteiger partial charge is 0.115 e. The summed E-state index contributed by atoms with van der Waals surface area (Å²) in [6.45, 7) is 9.01. The molecule has 154 valence electrons. The van der Waals surface area contributed by atoms with Gasteiger partial charge in [-0.05, 0) is 90.4 Å². The molecule has 0 bridgehead atoms. The summed E-state index contributed by atoms with van der Waals surface area (Å²) < 4.78 is 0. The molecule has 2 saturated carbocycles. The van der Waals surface area contributed by atoms with Gasteiger partial charge in [0.15, 0.2) is 0 Å². The fourth-order valence-electron chi connectivity index (χ4n) is 7.53. The molecule has 2 heteroatoms. The first-order valence-electron chi connectivity index (χ1n) is 11.6. The summed E-state index contributed by atoms with van der Waals surface area (Å²) in [4.78, 5) is 0. The molecule has 4 rings (SSSR count). The standard InChI is InChI=1S/C26H38O2/c1-4-6-7-8-9-19-17-25(3)22(12-13-23(25)28)26(5-2)15-14-18-16-20(27)10-11-21(18)24(19)26/h5,10-11,16,19,22-24,27-28H,2,4,6-9,12-15,17H2,1,3H3/t19-,22?,23-,24?,25-,26-/m0/s1. The molecule has 3 aliphatic rings. The van der Waals surface area contributed by atoms with E-state index >= 15 is 0 Å². The lowest BCUT2D eigenvalue weighted by Gasteiger charge is -2.60. The Morgan fingerprint density at radius 3 is 2.79 bits per heavy atom. The van der Waals surface area contributed by atoms with Gasteiger partial charge in [0.2, 0.25) is 0 Å². The number of phenols is 1. The van der Waals surface area contributed by atoms with E-state index in [2.05, 4.69) is 32.6 Å². The summed E-state index contributed by atoms with van der Waals surface area (Å²) in [5, 5.41) is 21.0. The first-order chi connectivity index (χ1) is 13.5. The molecule has 28 heavy (non-hydrogen) atoms. The summed E-state index contributed by atoms with van der Waals surface area (Å²) >= 11 is 0. The van der Waals surface area contributed by atoms with Crippen molar-refractivity contribution in [1.82, 2.24) is 0 Å². The largest absolute Gasteiger partial charge is 0.508 e. The Labute approximate surface area is 171 Å². The van der Waals surface area contributed by atoms with Crippen LogP contribution >= 0.6 is 0 Å². The number of phenolic OH excluding ortho intramolecular Hbond substituents is 1. The van der Waals surface area contributed by atoms with Gasteiger partial charge in [-0.25, -0.2) is 0 Å². The highest BCUT2D eigenvalue weighted by atomic mass is 16.3. The summed E-state index contributed by atoms with van der Waals surface area (Å²) in [5.41, 5.74) is 2.90. The topological polar surface area (TPSA) is 40.5 Å². The highest BCUT2D eigenvalue weighted by Crippen LogP contribution is 2.69. The molecule has 2 fully saturated rings. The lowest BCUT2D eigenvalue weighted by molar-refractivity contribution is -0.0812. The molecule has 0 spiro atoms. The molecule has 1 aromatic rings. The first kappa shape index (κ1) is 20.0. The number of hydrogen-bond acceptors (Lipinski definition) is 2. The molecule has 2 nitrogen and oxygen atoms in total. The van der Waals surface area contributed by atoms with Crippen LogP contribution in [0.2, 0.25) is 0 Å². The number of aromatic hydroxyl groups is 1. The number of aliphatic hydroxyl groups excluding tert-OH is 1. The van der Waals surface area contributed by atoms with Crippen molar-refractivity contribution in [3.8, 4) is 5.75 Å². The van der Waals surface area contributed by atoms with Crippen molar-refractivity contribution in [3.05, 3.63) is 42.0 Å². The van der Waals surface area contributed by atoms with Gasteiger partial charge < -0.3 is 10.2 Å². The van der Waals surface area contributed by atoms with Gasteiger partial charge in [0.1, 0.15) is 5.75 Å². The van der Waals surface area contributed by atoms with Gasteiger partial charge in [0.05, 0.1) is 6.10 Å². The lowest BCUT2D eigenvalue weighted by atomic mass is 9.44. The van der Waals surface area contributed by atoms with E-state index in [1.165, 1.54) is 43.2 Å².